The topological polar surface area (TPSA) is 43.4 Å². The van der Waals surface area contributed by atoms with Gasteiger partial charge >= 0.3 is 6.18 Å². The zero-order valence-electron chi connectivity index (χ0n) is 18.9. The number of methoxy groups -OCH3 is 1. The molecule has 4 aromatic rings. The Labute approximate surface area is 196 Å². The average Bonchev–Trinajstić information content (AvgIpc) is 2.85. The van der Waals surface area contributed by atoms with Gasteiger partial charge in [-0.2, -0.15) is 13.2 Å². The van der Waals surface area contributed by atoms with Crippen LogP contribution in [-0.4, -0.2) is 24.9 Å². The molecule has 1 unspecified atom stereocenters. The highest BCUT2D eigenvalue weighted by Gasteiger charge is 2.28. The molecule has 4 nitrogen and oxygen atoms in total. The summed E-state index contributed by atoms with van der Waals surface area (Å²) in [7, 11) is 1.58. The number of hydrogen-bond acceptors (Lipinski definition) is 4. The number of nitrogens with zero attached hydrogens (tertiary/aromatic N) is 1. The largest absolute Gasteiger partial charge is 0.496 e. The average molecular weight is 467 g/mol. The number of alkyl halides is 3. The van der Waals surface area contributed by atoms with Crippen molar-refractivity contribution in [1.29, 1.82) is 0 Å². The number of rotatable bonds is 8. The first-order valence-corrected chi connectivity index (χ1v) is 10.9. The maximum Gasteiger partial charge on any atom is 0.422 e. The van der Waals surface area contributed by atoms with Crippen LogP contribution in [0.4, 0.5) is 13.2 Å². The highest BCUT2D eigenvalue weighted by molar-refractivity contribution is 5.86. The molecule has 0 saturated heterocycles. The van der Waals surface area contributed by atoms with Crippen molar-refractivity contribution in [2.75, 3.05) is 13.7 Å². The van der Waals surface area contributed by atoms with E-state index >= 15 is 0 Å². The van der Waals surface area contributed by atoms with Crippen LogP contribution >= 0.6 is 0 Å². The van der Waals surface area contributed by atoms with Crippen LogP contribution in [0.1, 0.15) is 24.1 Å². The number of aromatic nitrogens is 1. The van der Waals surface area contributed by atoms with E-state index in [0.29, 0.717) is 12.3 Å². The predicted molar refractivity (Wildman–Crippen MR) is 127 cm³/mol. The van der Waals surface area contributed by atoms with Crippen LogP contribution in [-0.2, 0) is 6.54 Å². The molecule has 34 heavy (non-hydrogen) atoms. The van der Waals surface area contributed by atoms with Crippen LogP contribution in [0.2, 0.25) is 0 Å². The minimum Gasteiger partial charge on any atom is -0.496 e. The smallest absolute Gasteiger partial charge is 0.422 e. The molecule has 0 amide bonds. The molecule has 0 saturated carbocycles. The molecule has 0 fully saturated rings. The summed E-state index contributed by atoms with van der Waals surface area (Å²) >= 11 is 0. The Bertz CT molecular complexity index is 1250. The van der Waals surface area contributed by atoms with Crippen molar-refractivity contribution in [2.45, 2.75) is 25.7 Å². The lowest BCUT2D eigenvalue weighted by molar-refractivity contribution is -0.154. The first kappa shape index (κ1) is 23.6. The molecule has 0 radical (unpaired) electrons. The molecule has 1 aromatic heterocycles. The molecule has 4 rings (SSSR count). The predicted octanol–water partition coefficient (Wildman–Crippen LogP) is 6.70. The number of benzene rings is 3. The fourth-order valence-electron chi connectivity index (χ4n) is 3.88. The van der Waals surface area contributed by atoms with Gasteiger partial charge < -0.3 is 14.8 Å². The first-order chi connectivity index (χ1) is 16.3. The molecule has 1 N–H and O–H groups in total. The number of fused-ring (bicyclic) bond motifs is 1. The minimum atomic E-state index is -4.41. The van der Waals surface area contributed by atoms with E-state index in [1.165, 1.54) is 28.6 Å². The van der Waals surface area contributed by atoms with E-state index < -0.39 is 12.8 Å². The van der Waals surface area contributed by atoms with Gasteiger partial charge in [0.25, 0.3) is 0 Å². The Kier molecular flexibility index (Phi) is 7.03. The standard InChI is InChI=1S/C27H25F3N2O2/c1-18(22-9-5-7-20-6-3-4-8-23(20)22)31-15-19-10-12-25(33-2)24(14-19)21-11-13-26(32-16-21)34-17-27(28,29)30/h3-14,16,18,31H,15,17H2,1-2H3. The van der Waals surface area contributed by atoms with Crippen molar-refractivity contribution in [1.82, 2.24) is 10.3 Å². The van der Waals surface area contributed by atoms with Crippen molar-refractivity contribution in [3.8, 4) is 22.8 Å². The fourth-order valence-corrected chi connectivity index (χ4v) is 3.88. The van der Waals surface area contributed by atoms with Gasteiger partial charge in [-0.3, -0.25) is 0 Å². The molecule has 0 aliphatic carbocycles. The van der Waals surface area contributed by atoms with Crippen molar-refractivity contribution in [2.24, 2.45) is 0 Å². The maximum atomic E-state index is 12.4. The summed E-state index contributed by atoms with van der Waals surface area (Å²) in [5, 5.41) is 6.01. The summed E-state index contributed by atoms with van der Waals surface area (Å²) in [4.78, 5) is 4.01. The first-order valence-electron chi connectivity index (χ1n) is 10.9. The summed E-state index contributed by atoms with van der Waals surface area (Å²) in [5.41, 5.74) is 3.79. The third kappa shape index (κ3) is 5.66. The fraction of sp³-hybridized carbons (Fsp3) is 0.222. The van der Waals surface area contributed by atoms with Crippen LogP contribution in [0.25, 0.3) is 21.9 Å². The normalized spacial score (nSPS) is 12.5. The highest BCUT2D eigenvalue weighted by Crippen LogP contribution is 2.32. The van der Waals surface area contributed by atoms with E-state index in [1.807, 2.05) is 30.3 Å². The Morgan fingerprint density at radius 1 is 0.971 bits per heavy atom. The molecular weight excluding hydrogens is 441 g/mol. The second kappa shape index (κ2) is 10.1. The quantitative estimate of drug-likeness (QED) is 0.314. The van der Waals surface area contributed by atoms with Crippen LogP contribution in [0.5, 0.6) is 11.6 Å². The molecule has 0 aliphatic rings. The second-order valence-corrected chi connectivity index (χ2v) is 7.99. The van der Waals surface area contributed by atoms with Crippen molar-refractivity contribution < 1.29 is 22.6 Å². The van der Waals surface area contributed by atoms with E-state index in [0.717, 1.165) is 16.7 Å². The van der Waals surface area contributed by atoms with Crippen molar-refractivity contribution >= 4 is 10.8 Å². The number of nitrogens with one attached hydrogen (secondary N) is 1. The molecule has 1 atom stereocenters. The molecule has 0 spiro atoms. The van der Waals surface area contributed by atoms with E-state index in [1.54, 1.807) is 13.2 Å². The molecule has 176 valence electrons. The summed E-state index contributed by atoms with van der Waals surface area (Å²) in [6, 6.07) is 23.7. The van der Waals surface area contributed by atoms with Gasteiger partial charge in [-0.15, -0.1) is 0 Å². The Morgan fingerprint density at radius 3 is 2.50 bits per heavy atom. The number of hydrogen-bond donors (Lipinski definition) is 1. The van der Waals surface area contributed by atoms with Crippen LogP contribution in [0, 0.1) is 0 Å². The lowest BCUT2D eigenvalue weighted by Gasteiger charge is -2.18. The monoisotopic (exact) mass is 466 g/mol. The van der Waals surface area contributed by atoms with Crippen molar-refractivity contribution in [3.63, 3.8) is 0 Å². The van der Waals surface area contributed by atoms with Gasteiger partial charge in [0.1, 0.15) is 5.75 Å². The summed E-state index contributed by atoms with van der Waals surface area (Å²) in [6.07, 6.45) is -2.92. The third-order valence-electron chi connectivity index (χ3n) is 5.60. The lowest BCUT2D eigenvalue weighted by atomic mass is 9.99. The SMILES string of the molecule is COc1ccc(CNC(C)c2cccc3ccccc23)cc1-c1ccc(OCC(F)(F)F)nc1. The molecule has 0 aliphatic heterocycles. The highest BCUT2D eigenvalue weighted by atomic mass is 19.4. The van der Waals surface area contributed by atoms with E-state index in [-0.39, 0.29) is 11.9 Å². The number of pyridine rings is 1. The summed E-state index contributed by atoms with van der Waals surface area (Å²) < 4.78 is 47.3. The Balaban J connectivity index is 1.50. The minimum absolute atomic E-state index is 0.0817. The molecule has 0 bridgehead atoms. The Morgan fingerprint density at radius 2 is 1.76 bits per heavy atom. The van der Waals surface area contributed by atoms with E-state index in [4.69, 9.17) is 9.47 Å². The number of halogens is 3. The zero-order chi connectivity index (χ0) is 24.1. The van der Waals surface area contributed by atoms with Gasteiger partial charge in [-0.25, -0.2) is 4.98 Å². The summed E-state index contributed by atoms with van der Waals surface area (Å²) in [5.74, 6) is 0.568. The Hall–Kier alpha value is -3.58. The lowest BCUT2D eigenvalue weighted by Crippen LogP contribution is -2.19. The van der Waals surface area contributed by atoms with Crippen LogP contribution in [0.3, 0.4) is 0 Å². The molecule has 1 heterocycles. The number of ether oxygens (including phenoxy) is 2. The van der Waals surface area contributed by atoms with Gasteiger partial charge in [-0.1, -0.05) is 48.5 Å². The van der Waals surface area contributed by atoms with Gasteiger partial charge in [0.05, 0.1) is 7.11 Å². The third-order valence-corrected chi connectivity index (χ3v) is 5.60. The maximum absolute atomic E-state index is 12.4. The molecule has 7 heteroatoms. The van der Waals surface area contributed by atoms with Crippen LogP contribution < -0.4 is 14.8 Å². The van der Waals surface area contributed by atoms with Gasteiger partial charge in [-0.05, 0) is 47.0 Å². The van der Waals surface area contributed by atoms with Gasteiger partial charge in [0.2, 0.25) is 5.88 Å². The van der Waals surface area contributed by atoms with Crippen LogP contribution in [0.15, 0.2) is 79.0 Å². The van der Waals surface area contributed by atoms with Gasteiger partial charge in [0.15, 0.2) is 6.61 Å². The van der Waals surface area contributed by atoms with Crippen molar-refractivity contribution in [3.05, 3.63) is 90.1 Å². The van der Waals surface area contributed by atoms with E-state index in [9.17, 15) is 13.2 Å². The van der Waals surface area contributed by atoms with Gasteiger partial charge in [0, 0.05) is 36.0 Å². The zero-order valence-corrected chi connectivity index (χ0v) is 18.9. The summed E-state index contributed by atoms with van der Waals surface area (Å²) in [6.45, 7) is 1.39. The second-order valence-electron chi connectivity index (χ2n) is 7.99. The molecular formula is C27H25F3N2O2. The van der Waals surface area contributed by atoms with E-state index in [2.05, 4.69) is 47.6 Å². The molecule has 3 aromatic carbocycles.